The summed E-state index contributed by atoms with van der Waals surface area (Å²) in [6.07, 6.45) is 0.883. The molecule has 0 saturated carbocycles. The van der Waals surface area contributed by atoms with Gasteiger partial charge in [-0.15, -0.1) is 0 Å². The van der Waals surface area contributed by atoms with E-state index in [1.54, 1.807) is 32.0 Å². The molecule has 1 aromatic carbocycles. The molecule has 1 amide bonds. The fourth-order valence-corrected chi connectivity index (χ4v) is 6.26. The molecule has 13 nitrogen and oxygen atoms in total. The first-order chi connectivity index (χ1) is 17.1. The number of rotatable bonds is 9. The number of carbonyl (C=O) groups excluding carboxylic acids is 1. The zero-order chi connectivity index (χ0) is 25.9. The summed E-state index contributed by atoms with van der Waals surface area (Å²) in [5.41, 5.74) is 0.461. The molecular weight excluding hydrogens is 490 g/mol. The zero-order valence-corrected chi connectivity index (χ0v) is 20.9. The van der Waals surface area contributed by atoms with E-state index in [9.17, 15) is 23.1 Å². The van der Waals surface area contributed by atoms with Gasteiger partial charge in [-0.25, -0.2) is 8.42 Å². The molecule has 1 saturated heterocycles. The van der Waals surface area contributed by atoms with Crippen LogP contribution in [-0.4, -0.2) is 87.5 Å². The Kier molecular flexibility index (Phi) is 7.47. The third-order valence-corrected chi connectivity index (χ3v) is 8.14. The van der Waals surface area contributed by atoms with Gasteiger partial charge in [-0.1, -0.05) is 23.4 Å². The van der Waals surface area contributed by atoms with Crippen LogP contribution in [-0.2, 0) is 24.4 Å². The molecule has 3 heterocycles. The molecule has 0 radical (unpaired) electrons. The average molecular weight is 522 g/mol. The van der Waals surface area contributed by atoms with Crippen molar-refractivity contribution in [1.82, 2.24) is 26.0 Å². The fourth-order valence-electron chi connectivity index (χ4n) is 4.60. The van der Waals surface area contributed by atoms with Gasteiger partial charge >= 0.3 is 5.97 Å². The molecule has 14 heteroatoms. The van der Waals surface area contributed by atoms with Gasteiger partial charge in [0.2, 0.25) is 10.0 Å². The van der Waals surface area contributed by atoms with Gasteiger partial charge in [-0.2, -0.15) is 4.72 Å². The molecule has 0 aliphatic carbocycles. The van der Waals surface area contributed by atoms with E-state index >= 15 is 0 Å². The highest BCUT2D eigenvalue weighted by atomic mass is 32.2. The topological polar surface area (TPSA) is 183 Å². The summed E-state index contributed by atoms with van der Waals surface area (Å²) in [5.74, 6) is -1.25. The average Bonchev–Trinajstić information content (AvgIpc) is 3.57. The van der Waals surface area contributed by atoms with E-state index in [4.69, 9.17) is 4.84 Å². The van der Waals surface area contributed by atoms with Crippen molar-refractivity contribution in [2.45, 2.75) is 49.3 Å². The van der Waals surface area contributed by atoms with Crippen molar-refractivity contribution in [3.05, 3.63) is 29.3 Å². The molecule has 36 heavy (non-hydrogen) atoms. The largest absolute Gasteiger partial charge is 0.480 e. The minimum atomic E-state index is -4.13. The smallest absolute Gasteiger partial charge is 0.323 e. The molecule has 4 rings (SSSR count). The molecule has 3 aliphatic rings. The van der Waals surface area contributed by atoms with Crippen LogP contribution in [0.5, 0.6) is 0 Å². The van der Waals surface area contributed by atoms with Crippen molar-refractivity contribution >= 4 is 33.6 Å². The predicted octanol–water partition coefficient (Wildman–Crippen LogP) is -1.42. The maximum absolute atomic E-state index is 12.9. The number of nitrogens with one attached hydrogen (secondary N) is 5. The first kappa shape index (κ1) is 25.9. The molecule has 3 atom stereocenters. The van der Waals surface area contributed by atoms with Crippen LogP contribution in [0.4, 0.5) is 0 Å². The van der Waals surface area contributed by atoms with Crippen molar-refractivity contribution in [3.63, 3.8) is 0 Å². The van der Waals surface area contributed by atoms with Gasteiger partial charge in [0.1, 0.15) is 11.8 Å². The number of oxime groups is 1. The molecule has 0 aromatic heterocycles. The van der Waals surface area contributed by atoms with Crippen LogP contribution < -0.4 is 26.0 Å². The fraction of sp³-hybridized carbons (Fsp3) is 0.545. The summed E-state index contributed by atoms with van der Waals surface area (Å²) < 4.78 is 27.9. The molecule has 196 valence electrons. The van der Waals surface area contributed by atoms with Gasteiger partial charge in [0.25, 0.3) is 5.91 Å². The lowest BCUT2D eigenvalue weighted by molar-refractivity contribution is -0.138. The standard InChI is InChI=1S/C22H31N7O6S/c1-13-4-3-5-14(2)18(13)36(33,34)29-17(20(31)32)11-25-19(30)16-9-22(35-28-16)8-15(27-12-22)10-26-21-23-6-7-24-21/h3-5,15,17,27,29H,6-12H2,1-2H3,(H,25,30)(H,31,32)(H2,23,24,26)/t15?,17-,22?/m0/s1. The predicted molar refractivity (Wildman–Crippen MR) is 131 cm³/mol. The van der Waals surface area contributed by atoms with Crippen LogP contribution in [0, 0.1) is 13.8 Å². The van der Waals surface area contributed by atoms with E-state index in [0.717, 1.165) is 19.0 Å². The van der Waals surface area contributed by atoms with Crippen LogP contribution in [0.25, 0.3) is 0 Å². The van der Waals surface area contributed by atoms with Crippen LogP contribution in [0.15, 0.2) is 33.2 Å². The first-order valence-corrected chi connectivity index (χ1v) is 13.2. The van der Waals surface area contributed by atoms with E-state index in [2.05, 4.69) is 36.1 Å². The number of hydrogen-bond acceptors (Lipinski definition) is 10. The molecule has 2 unspecified atom stereocenters. The summed E-state index contributed by atoms with van der Waals surface area (Å²) >= 11 is 0. The Morgan fingerprint density at radius 2 is 2.06 bits per heavy atom. The highest BCUT2D eigenvalue weighted by Crippen LogP contribution is 2.32. The van der Waals surface area contributed by atoms with E-state index in [-0.39, 0.29) is 23.1 Å². The summed E-state index contributed by atoms with van der Waals surface area (Å²) in [7, 11) is -4.13. The highest BCUT2D eigenvalue weighted by Gasteiger charge is 2.47. The summed E-state index contributed by atoms with van der Waals surface area (Å²) in [5, 5.41) is 25.7. The molecule has 3 aliphatic heterocycles. The third kappa shape index (κ3) is 5.77. The zero-order valence-electron chi connectivity index (χ0n) is 20.1. The van der Waals surface area contributed by atoms with Crippen LogP contribution in [0.1, 0.15) is 24.0 Å². The van der Waals surface area contributed by atoms with Gasteiger partial charge in [-0.05, 0) is 25.0 Å². The Balaban J connectivity index is 1.30. The summed E-state index contributed by atoms with van der Waals surface area (Å²) in [4.78, 5) is 34.4. The molecule has 1 fully saturated rings. The number of aryl methyl sites for hydroxylation is 2. The Labute approximate surface area is 209 Å². The van der Waals surface area contributed by atoms with E-state index in [1.165, 1.54) is 0 Å². The summed E-state index contributed by atoms with van der Waals surface area (Å²) in [6.45, 7) is 5.51. The number of amides is 1. The number of aliphatic carboxylic acids is 1. The molecule has 1 aromatic rings. The summed E-state index contributed by atoms with van der Waals surface area (Å²) in [6, 6.07) is 3.52. The van der Waals surface area contributed by atoms with E-state index in [1.807, 2.05) is 0 Å². The molecule has 1 spiro atoms. The second-order valence-electron chi connectivity index (χ2n) is 9.25. The van der Waals surface area contributed by atoms with E-state index in [0.29, 0.717) is 30.6 Å². The lowest BCUT2D eigenvalue weighted by Crippen LogP contribution is -2.49. The Hall–Kier alpha value is -3.23. The van der Waals surface area contributed by atoms with Gasteiger partial charge < -0.3 is 31.2 Å². The Bertz CT molecular complexity index is 1180. The normalized spacial score (nSPS) is 24.0. The number of carboxylic acids is 1. The highest BCUT2D eigenvalue weighted by molar-refractivity contribution is 7.89. The lowest BCUT2D eigenvalue weighted by Gasteiger charge is -2.20. The number of guanidine groups is 1. The van der Waals surface area contributed by atoms with Gasteiger partial charge in [0, 0.05) is 45.1 Å². The monoisotopic (exact) mass is 521 g/mol. The maximum atomic E-state index is 12.9. The Morgan fingerprint density at radius 1 is 1.31 bits per heavy atom. The minimum Gasteiger partial charge on any atom is -0.480 e. The number of nitrogens with zero attached hydrogens (tertiary/aromatic N) is 2. The van der Waals surface area contributed by atoms with Crippen LogP contribution in [0.2, 0.25) is 0 Å². The van der Waals surface area contributed by atoms with Crippen molar-refractivity contribution in [2.75, 3.05) is 32.7 Å². The maximum Gasteiger partial charge on any atom is 0.323 e. The number of benzene rings is 1. The van der Waals surface area contributed by atoms with Gasteiger partial charge in [0.05, 0.1) is 11.4 Å². The number of sulfonamides is 1. The number of carbonyl (C=O) groups is 2. The quantitative estimate of drug-likeness (QED) is 0.227. The second kappa shape index (κ2) is 10.4. The molecular formula is C22H31N7O6S. The third-order valence-electron chi connectivity index (χ3n) is 6.36. The molecule has 0 bridgehead atoms. The minimum absolute atomic E-state index is 0.0200. The number of hydrogen-bond donors (Lipinski definition) is 6. The van der Waals surface area contributed by atoms with Crippen molar-refractivity contribution in [3.8, 4) is 0 Å². The number of carboxylic acid groups (broad SMARTS) is 1. The van der Waals surface area contributed by atoms with Crippen molar-refractivity contribution in [1.29, 1.82) is 0 Å². The van der Waals surface area contributed by atoms with Crippen molar-refractivity contribution in [2.24, 2.45) is 10.1 Å². The van der Waals surface area contributed by atoms with Crippen molar-refractivity contribution < 1.29 is 28.0 Å². The van der Waals surface area contributed by atoms with Crippen LogP contribution in [0.3, 0.4) is 0 Å². The van der Waals surface area contributed by atoms with Gasteiger partial charge in [-0.3, -0.25) is 14.6 Å². The number of aliphatic imine (C=N–C) groups is 1. The van der Waals surface area contributed by atoms with E-state index < -0.39 is 40.1 Å². The van der Waals surface area contributed by atoms with Crippen LogP contribution >= 0.6 is 0 Å². The first-order valence-electron chi connectivity index (χ1n) is 11.7. The second-order valence-corrected chi connectivity index (χ2v) is 10.9. The molecule has 6 N–H and O–H groups in total. The Morgan fingerprint density at radius 3 is 2.72 bits per heavy atom. The SMILES string of the molecule is Cc1cccc(C)c1S(=O)(=O)N[C@@H](CNC(=O)C1=NOC2(CNC(CNC3=NCCN3)C2)C1)C(=O)O. The lowest BCUT2D eigenvalue weighted by atomic mass is 9.94. The van der Waals surface area contributed by atoms with Gasteiger partial charge in [0.15, 0.2) is 11.6 Å².